The van der Waals surface area contributed by atoms with E-state index in [1.54, 1.807) is 6.20 Å². The molecule has 0 unspecified atom stereocenters. The molecular formula is C19H20BrN5. The fourth-order valence-electron chi connectivity index (χ4n) is 2.37. The Bertz CT molecular complexity index is 862. The predicted octanol–water partition coefficient (Wildman–Crippen LogP) is 5.10. The Morgan fingerprint density at radius 2 is 1.72 bits per heavy atom. The molecule has 2 N–H and O–H groups in total. The Labute approximate surface area is 156 Å². The van der Waals surface area contributed by atoms with Gasteiger partial charge in [-0.3, -0.25) is 0 Å². The van der Waals surface area contributed by atoms with Gasteiger partial charge in [0.15, 0.2) is 0 Å². The fraction of sp³-hybridized carbons (Fsp3) is 0.158. The SMILES string of the molecule is Cc1cc(Br)ccc1Nc1ccnc(Nc2ccc(N(C)C)cc2)n1. The van der Waals surface area contributed by atoms with Gasteiger partial charge in [-0.15, -0.1) is 0 Å². The predicted molar refractivity (Wildman–Crippen MR) is 108 cm³/mol. The topological polar surface area (TPSA) is 53.1 Å². The van der Waals surface area contributed by atoms with Gasteiger partial charge in [0.2, 0.25) is 5.95 Å². The van der Waals surface area contributed by atoms with Gasteiger partial charge in [0.1, 0.15) is 5.82 Å². The molecule has 0 amide bonds. The van der Waals surface area contributed by atoms with Crippen molar-refractivity contribution in [2.45, 2.75) is 6.92 Å². The van der Waals surface area contributed by atoms with E-state index in [0.717, 1.165) is 32.9 Å². The lowest BCUT2D eigenvalue weighted by Crippen LogP contribution is -2.08. The summed E-state index contributed by atoms with van der Waals surface area (Å²) in [4.78, 5) is 10.9. The zero-order valence-corrected chi connectivity index (χ0v) is 16.0. The van der Waals surface area contributed by atoms with Crippen LogP contribution in [0.25, 0.3) is 0 Å². The van der Waals surface area contributed by atoms with Crippen LogP contribution in [0, 0.1) is 6.92 Å². The van der Waals surface area contributed by atoms with Crippen molar-refractivity contribution in [3.05, 3.63) is 64.8 Å². The lowest BCUT2D eigenvalue weighted by molar-refractivity contribution is 1.13. The first kappa shape index (κ1) is 17.2. The van der Waals surface area contributed by atoms with E-state index in [1.807, 2.05) is 44.4 Å². The molecule has 5 nitrogen and oxygen atoms in total. The number of rotatable bonds is 5. The molecule has 0 saturated heterocycles. The molecule has 25 heavy (non-hydrogen) atoms. The van der Waals surface area contributed by atoms with Crippen LogP contribution in [-0.2, 0) is 0 Å². The molecule has 0 radical (unpaired) electrons. The van der Waals surface area contributed by atoms with Crippen molar-refractivity contribution >= 4 is 44.8 Å². The smallest absolute Gasteiger partial charge is 0.229 e. The van der Waals surface area contributed by atoms with Gasteiger partial charge < -0.3 is 15.5 Å². The monoisotopic (exact) mass is 397 g/mol. The summed E-state index contributed by atoms with van der Waals surface area (Å²) in [7, 11) is 4.04. The van der Waals surface area contributed by atoms with E-state index in [9.17, 15) is 0 Å². The minimum absolute atomic E-state index is 0.553. The molecule has 1 aromatic heterocycles. The van der Waals surface area contributed by atoms with Crippen LogP contribution >= 0.6 is 15.9 Å². The Morgan fingerprint density at radius 1 is 0.960 bits per heavy atom. The average molecular weight is 398 g/mol. The quantitative estimate of drug-likeness (QED) is 0.626. The fourth-order valence-corrected chi connectivity index (χ4v) is 2.84. The maximum absolute atomic E-state index is 4.53. The lowest BCUT2D eigenvalue weighted by Gasteiger charge is -2.13. The minimum Gasteiger partial charge on any atom is -0.378 e. The third-order valence-corrected chi connectivity index (χ3v) is 4.24. The number of benzene rings is 2. The number of anilines is 5. The van der Waals surface area contributed by atoms with Gasteiger partial charge in [-0.05, 0) is 61.0 Å². The number of hydrogen-bond donors (Lipinski definition) is 2. The molecule has 3 rings (SSSR count). The molecule has 0 aliphatic heterocycles. The highest BCUT2D eigenvalue weighted by atomic mass is 79.9. The Kier molecular flexibility index (Phi) is 5.19. The molecule has 0 bridgehead atoms. The van der Waals surface area contributed by atoms with E-state index in [4.69, 9.17) is 0 Å². The Morgan fingerprint density at radius 3 is 2.40 bits per heavy atom. The lowest BCUT2D eigenvalue weighted by atomic mass is 10.2. The van der Waals surface area contributed by atoms with Gasteiger partial charge in [0.25, 0.3) is 0 Å². The molecule has 0 aliphatic rings. The summed E-state index contributed by atoms with van der Waals surface area (Å²) in [6.07, 6.45) is 1.74. The van der Waals surface area contributed by atoms with Crippen LogP contribution in [-0.4, -0.2) is 24.1 Å². The van der Waals surface area contributed by atoms with Gasteiger partial charge in [0.05, 0.1) is 0 Å². The van der Waals surface area contributed by atoms with Crippen LogP contribution in [0.5, 0.6) is 0 Å². The largest absolute Gasteiger partial charge is 0.378 e. The van der Waals surface area contributed by atoms with Crippen molar-refractivity contribution in [1.82, 2.24) is 9.97 Å². The third kappa shape index (κ3) is 4.48. The van der Waals surface area contributed by atoms with Gasteiger partial charge >= 0.3 is 0 Å². The minimum atomic E-state index is 0.553. The number of nitrogens with one attached hydrogen (secondary N) is 2. The summed E-state index contributed by atoms with van der Waals surface area (Å²) < 4.78 is 1.06. The van der Waals surface area contributed by atoms with Gasteiger partial charge in [0, 0.05) is 41.8 Å². The number of aryl methyl sites for hydroxylation is 1. The van der Waals surface area contributed by atoms with Crippen LogP contribution in [0.1, 0.15) is 5.56 Å². The van der Waals surface area contributed by atoms with Gasteiger partial charge in [-0.2, -0.15) is 4.98 Å². The van der Waals surface area contributed by atoms with Crippen LogP contribution < -0.4 is 15.5 Å². The maximum atomic E-state index is 4.53. The van der Waals surface area contributed by atoms with Crippen LogP contribution in [0.4, 0.5) is 28.8 Å². The number of nitrogens with zero attached hydrogens (tertiary/aromatic N) is 3. The first-order valence-electron chi connectivity index (χ1n) is 7.92. The van der Waals surface area contributed by atoms with Crippen molar-refractivity contribution in [3.8, 4) is 0 Å². The summed E-state index contributed by atoms with van der Waals surface area (Å²) in [5, 5.41) is 6.56. The number of halogens is 1. The zero-order chi connectivity index (χ0) is 17.8. The number of aromatic nitrogens is 2. The third-order valence-electron chi connectivity index (χ3n) is 3.75. The molecule has 1 heterocycles. The average Bonchev–Trinajstić information content (AvgIpc) is 2.58. The molecule has 0 atom stereocenters. The molecule has 128 valence electrons. The van der Waals surface area contributed by atoms with Crippen molar-refractivity contribution in [1.29, 1.82) is 0 Å². The first-order chi connectivity index (χ1) is 12.0. The molecule has 0 aliphatic carbocycles. The summed E-state index contributed by atoms with van der Waals surface area (Å²) in [5.74, 6) is 1.30. The molecule has 2 aromatic carbocycles. The normalized spacial score (nSPS) is 10.4. The Balaban J connectivity index is 1.75. The highest BCUT2D eigenvalue weighted by Gasteiger charge is 2.04. The van der Waals surface area contributed by atoms with E-state index in [-0.39, 0.29) is 0 Å². The number of hydrogen-bond acceptors (Lipinski definition) is 5. The molecule has 0 spiro atoms. The summed E-state index contributed by atoms with van der Waals surface area (Å²) >= 11 is 3.48. The second-order valence-corrected chi connectivity index (χ2v) is 6.83. The molecule has 0 saturated carbocycles. The zero-order valence-electron chi connectivity index (χ0n) is 14.4. The van der Waals surface area contributed by atoms with Crippen molar-refractivity contribution in [2.24, 2.45) is 0 Å². The second-order valence-electron chi connectivity index (χ2n) is 5.92. The molecule has 0 fully saturated rings. The second kappa shape index (κ2) is 7.53. The Hall–Kier alpha value is -2.60. The molecule has 3 aromatic rings. The van der Waals surface area contributed by atoms with Crippen molar-refractivity contribution < 1.29 is 0 Å². The highest BCUT2D eigenvalue weighted by Crippen LogP contribution is 2.24. The van der Waals surface area contributed by atoms with E-state index < -0.39 is 0 Å². The maximum Gasteiger partial charge on any atom is 0.229 e. The van der Waals surface area contributed by atoms with Crippen molar-refractivity contribution in [2.75, 3.05) is 29.6 Å². The van der Waals surface area contributed by atoms with E-state index in [0.29, 0.717) is 5.95 Å². The molecule has 6 heteroatoms. The van der Waals surface area contributed by atoms with E-state index in [1.165, 1.54) is 0 Å². The summed E-state index contributed by atoms with van der Waals surface area (Å²) in [6, 6.07) is 16.1. The van der Waals surface area contributed by atoms with E-state index in [2.05, 4.69) is 66.6 Å². The molecular weight excluding hydrogens is 378 g/mol. The standard InChI is InChI=1S/C19H20BrN5/c1-13-12-14(20)4-9-17(13)23-18-10-11-21-19(24-18)22-15-5-7-16(8-6-15)25(2)3/h4-12H,1-3H3,(H2,21,22,23,24). The van der Waals surface area contributed by atoms with E-state index >= 15 is 0 Å². The highest BCUT2D eigenvalue weighted by molar-refractivity contribution is 9.10. The van der Waals surface area contributed by atoms with Gasteiger partial charge in [-0.25, -0.2) is 4.98 Å². The van der Waals surface area contributed by atoms with Crippen LogP contribution in [0.15, 0.2) is 59.2 Å². The van der Waals surface area contributed by atoms with Crippen LogP contribution in [0.3, 0.4) is 0 Å². The summed E-state index contributed by atoms with van der Waals surface area (Å²) in [6.45, 7) is 2.06. The van der Waals surface area contributed by atoms with Crippen LogP contribution in [0.2, 0.25) is 0 Å². The van der Waals surface area contributed by atoms with Gasteiger partial charge in [-0.1, -0.05) is 15.9 Å². The summed E-state index contributed by atoms with van der Waals surface area (Å²) in [5.41, 5.74) is 4.25. The first-order valence-corrected chi connectivity index (χ1v) is 8.71. The van der Waals surface area contributed by atoms with Crippen molar-refractivity contribution in [3.63, 3.8) is 0 Å².